The number of hydrogen-bond acceptors (Lipinski definition) is 9. The Morgan fingerprint density at radius 2 is 1.66 bits per heavy atom. The molecule has 0 radical (unpaired) electrons. The molecule has 13 nitrogen and oxygen atoms in total. The highest BCUT2D eigenvalue weighted by Crippen LogP contribution is 2.32. The lowest BCUT2D eigenvalue weighted by Crippen LogP contribution is -2.42. The van der Waals surface area contributed by atoms with Crippen LogP contribution in [0, 0.1) is 0 Å². The Balaban J connectivity index is 0.000000771. The molecule has 0 amide bonds. The highest BCUT2D eigenvalue weighted by atomic mass is 32.2. The van der Waals surface area contributed by atoms with Gasteiger partial charge in [0.15, 0.2) is 11.5 Å². The molecule has 47 heavy (non-hydrogen) atoms. The number of halogens is 3. The fourth-order valence-corrected chi connectivity index (χ4v) is 5.25. The Morgan fingerprint density at radius 1 is 1.00 bits per heavy atom. The SMILES string of the molecule is COc1cc2c(cc1OC(=O)O)ncn2CCC(C)(C)NC[C@H](O)c1cccc(NS(=O)(=O)c2ccccc2)c1.O=C(O)C(F)(F)F. The average molecular weight is 683 g/mol. The number of aliphatic hydroxyl groups excluding tert-OH is 1. The molecule has 1 heterocycles. The van der Waals surface area contributed by atoms with E-state index < -0.39 is 34.4 Å². The van der Waals surface area contributed by atoms with E-state index in [9.17, 15) is 31.5 Å². The largest absolute Gasteiger partial charge is 0.511 e. The van der Waals surface area contributed by atoms with Crippen molar-refractivity contribution in [3.63, 3.8) is 0 Å². The van der Waals surface area contributed by atoms with Crippen LogP contribution in [-0.2, 0) is 21.4 Å². The number of carboxylic acid groups (broad SMARTS) is 2. The van der Waals surface area contributed by atoms with Crippen molar-refractivity contribution in [3.8, 4) is 11.5 Å². The Hall–Kier alpha value is -4.87. The van der Waals surface area contributed by atoms with Crippen LogP contribution in [-0.4, -0.2) is 70.8 Å². The van der Waals surface area contributed by atoms with Gasteiger partial charge in [-0.05, 0) is 50.1 Å². The van der Waals surface area contributed by atoms with E-state index >= 15 is 0 Å². The number of methoxy groups -OCH3 is 1. The molecule has 0 spiro atoms. The Kier molecular flexibility index (Phi) is 11.8. The van der Waals surface area contributed by atoms with Gasteiger partial charge in [0.1, 0.15) is 0 Å². The number of β-amino-alcohol motifs (C(OH)–C–C–N with tert-alkyl or cyclic N) is 1. The molecule has 0 bridgehead atoms. The van der Waals surface area contributed by atoms with Crippen molar-refractivity contribution in [2.45, 2.75) is 49.5 Å². The maximum atomic E-state index is 12.7. The summed E-state index contributed by atoms with van der Waals surface area (Å²) < 4.78 is 71.6. The Labute approximate surface area is 267 Å². The minimum absolute atomic E-state index is 0.0701. The van der Waals surface area contributed by atoms with Crippen molar-refractivity contribution in [1.82, 2.24) is 14.9 Å². The van der Waals surface area contributed by atoms with Gasteiger partial charge in [0.2, 0.25) is 0 Å². The number of aromatic nitrogens is 2. The topological polar surface area (TPSA) is 189 Å². The van der Waals surface area contributed by atoms with Crippen molar-refractivity contribution in [2.24, 2.45) is 0 Å². The molecule has 0 saturated carbocycles. The van der Waals surface area contributed by atoms with Crippen molar-refractivity contribution in [2.75, 3.05) is 18.4 Å². The van der Waals surface area contributed by atoms with Crippen LogP contribution in [0.1, 0.15) is 31.9 Å². The highest BCUT2D eigenvalue weighted by Gasteiger charge is 2.38. The van der Waals surface area contributed by atoms with E-state index in [1.165, 1.54) is 25.3 Å². The number of nitrogens with one attached hydrogen (secondary N) is 2. The standard InChI is InChI=1S/C28H32N4O7S.C2HF3O2/c1-28(2,12-13-32-18-29-22-15-26(39-27(34)35)25(38-3)16-23(22)32)30-17-24(33)19-8-7-9-20(14-19)31-40(36,37)21-10-5-4-6-11-21;3-2(4,5)1(6)7/h4-11,14-16,18,24,30-31,33H,12-13,17H2,1-3H3,(H,34,35);(H,6,7)/t24-;/m0./s1. The third-order valence-corrected chi connectivity index (χ3v) is 8.07. The van der Waals surface area contributed by atoms with Crippen LogP contribution in [0.3, 0.4) is 0 Å². The molecule has 0 unspecified atom stereocenters. The van der Waals surface area contributed by atoms with Crippen LogP contribution in [0.4, 0.5) is 23.7 Å². The zero-order chi connectivity index (χ0) is 35.0. The second-order valence-electron chi connectivity index (χ2n) is 10.7. The van der Waals surface area contributed by atoms with Crippen molar-refractivity contribution in [3.05, 3.63) is 78.6 Å². The van der Waals surface area contributed by atoms with E-state index in [1.807, 2.05) is 18.4 Å². The fraction of sp³-hybridized carbons (Fsp3) is 0.300. The number of ether oxygens (including phenoxy) is 2. The number of imidazole rings is 1. The van der Waals surface area contributed by atoms with Gasteiger partial charge in [0.05, 0.1) is 35.5 Å². The molecule has 17 heteroatoms. The number of carbonyl (C=O) groups is 2. The predicted molar refractivity (Wildman–Crippen MR) is 164 cm³/mol. The molecule has 4 rings (SSSR count). The predicted octanol–water partition coefficient (Wildman–Crippen LogP) is 5.03. The minimum atomic E-state index is -5.08. The lowest BCUT2D eigenvalue weighted by atomic mass is 9.99. The number of hydrogen-bond donors (Lipinski definition) is 5. The summed E-state index contributed by atoms with van der Waals surface area (Å²) in [6, 6.07) is 18.0. The summed E-state index contributed by atoms with van der Waals surface area (Å²) in [5, 5.41) is 30.3. The molecule has 1 aromatic heterocycles. The minimum Gasteiger partial charge on any atom is -0.493 e. The number of nitrogens with zero attached hydrogens (tertiary/aromatic N) is 2. The molecule has 0 aliphatic carbocycles. The lowest BCUT2D eigenvalue weighted by molar-refractivity contribution is -0.192. The summed E-state index contributed by atoms with van der Waals surface area (Å²) in [6.45, 7) is 4.87. The number of benzene rings is 3. The van der Waals surface area contributed by atoms with E-state index in [1.54, 1.807) is 54.9 Å². The third kappa shape index (κ3) is 10.6. The second-order valence-corrected chi connectivity index (χ2v) is 12.4. The molecular formula is C30H33F3N4O9S. The van der Waals surface area contributed by atoms with E-state index in [-0.39, 0.29) is 28.5 Å². The number of rotatable bonds is 12. The van der Waals surface area contributed by atoms with Crippen LogP contribution >= 0.6 is 0 Å². The first-order chi connectivity index (χ1) is 21.9. The monoisotopic (exact) mass is 682 g/mol. The van der Waals surface area contributed by atoms with Gasteiger partial charge >= 0.3 is 18.3 Å². The van der Waals surface area contributed by atoms with Gasteiger partial charge in [-0.1, -0.05) is 30.3 Å². The van der Waals surface area contributed by atoms with Gasteiger partial charge in [-0.3, -0.25) is 4.72 Å². The van der Waals surface area contributed by atoms with E-state index in [4.69, 9.17) is 24.5 Å². The maximum absolute atomic E-state index is 12.7. The second kappa shape index (κ2) is 15.1. The van der Waals surface area contributed by atoms with Crippen molar-refractivity contribution < 1.29 is 56.0 Å². The number of anilines is 1. The van der Waals surface area contributed by atoms with Gasteiger partial charge < -0.3 is 34.7 Å². The fourth-order valence-electron chi connectivity index (χ4n) is 4.18. The van der Waals surface area contributed by atoms with Gasteiger partial charge in [0.25, 0.3) is 10.0 Å². The van der Waals surface area contributed by atoms with E-state index in [2.05, 4.69) is 15.0 Å². The van der Waals surface area contributed by atoms with Crippen LogP contribution in [0.2, 0.25) is 0 Å². The van der Waals surface area contributed by atoms with Gasteiger partial charge in [-0.15, -0.1) is 0 Å². The average Bonchev–Trinajstić information content (AvgIpc) is 3.40. The van der Waals surface area contributed by atoms with Gasteiger partial charge in [-0.25, -0.2) is 23.0 Å². The zero-order valence-electron chi connectivity index (χ0n) is 25.4. The number of aliphatic carboxylic acids is 1. The zero-order valence-corrected chi connectivity index (χ0v) is 26.2. The van der Waals surface area contributed by atoms with E-state index in [0.717, 1.165) is 5.52 Å². The molecule has 4 aromatic rings. The van der Waals surface area contributed by atoms with Crippen LogP contribution in [0.5, 0.6) is 11.5 Å². The third-order valence-electron chi connectivity index (χ3n) is 6.68. The smallest absolute Gasteiger partial charge is 0.493 e. The summed E-state index contributed by atoms with van der Waals surface area (Å²) >= 11 is 0. The number of carboxylic acids is 1. The molecule has 1 atom stereocenters. The molecule has 0 saturated heterocycles. The van der Waals surface area contributed by atoms with E-state index in [0.29, 0.717) is 29.7 Å². The number of sulfonamides is 1. The molecule has 0 fully saturated rings. The molecule has 5 N–H and O–H groups in total. The molecular weight excluding hydrogens is 649 g/mol. The first kappa shape index (κ1) is 36.6. The number of fused-ring (bicyclic) bond motifs is 1. The Bertz CT molecular complexity index is 1800. The summed E-state index contributed by atoms with van der Waals surface area (Å²) in [5.74, 6) is -2.40. The van der Waals surface area contributed by atoms with Crippen molar-refractivity contribution >= 4 is 38.9 Å². The Morgan fingerprint density at radius 3 is 2.26 bits per heavy atom. The first-order valence-corrected chi connectivity index (χ1v) is 15.2. The molecule has 254 valence electrons. The highest BCUT2D eigenvalue weighted by molar-refractivity contribution is 7.92. The first-order valence-electron chi connectivity index (χ1n) is 13.8. The van der Waals surface area contributed by atoms with Crippen LogP contribution in [0.25, 0.3) is 11.0 Å². The molecule has 3 aromatic carbocycles. The van der Waals surface area contributed by atoms with Crippen molar-refractivity contribution in [1.29, 1.82) is 0 Å². The normalized spacial score (nSPS) is 12.5. The quantitative estimate of drug-likeness (QED) is 0.0996. The number of aliphatic hydroxyl groups is 1. The maximum Gasteiger partial charge on any atom is 0.511 e. The van der Waals surface area contributed by atoms with Gasteiger partial charge in [-0.2, -0.15) is 13.2 Å². The number of aryl methyl sites for hydroxylation is 1. The summed E-state index contributed by atoms with van der Waals surface area (Å²) in [6.07, 6.45) is -5.04. The molecule has 0 aliphatic heterocycles. The molecule has 0 aliphatic rings. The lowest BCUT2D eigenvalue weighted by Gasteiger charge is -2.28. The van der Waals surface area contributed by atoms with Crippen LogP contribution < -0.4 is 19.5 Å². The summed E-state index contributed by atoms with van der Waals surface area (Å²) in [7, 11) is -2.31. The summed E-state index contributed by atoms with van der Waals surface area (Å²) in [4.78, 5) is 24.4. The summed E-state index contributed by atoms with van der Waals surface area (Å²) in [5.41, 5.74) is 1.89. The van der Waals surface area contributed by atoms with Gasteiger partial charge in [0, 0.05) is 36.4 Å². The number of alkyl halides is 3. The van der Waals surface area contributed by atoms with Crippen LogP contribution in [0.15, 0.2) is 78.0 Å².